The molecular formula is C14H23F3N4. The van der Waals surface area contributed by atoms with Gasteiger partial charge in [0.15, 0.2) is 0 Å². The molecule has 1 heterocycles. The Labute approximate surface area is 123 Å². The summed E-state index contributed by atoms with van der Waals surface area (Å²) >= 11 is 0. The van der Waals surface area contributed by atoms with E-state index in [-0.39, 0.29) is 11.6 Å². The van der Waals surface area contributed by atoms with Crippen molar-refractivity contribution < 1.29 is 13.2 Å². The lowest BCUT2D eigenvalue weighted by Crippen LogP contribution is -2.26. The van der Waals surface area contributed by atoms with Gasteiger partial charge in [0.05, 0.1) is 0 Å². The second-order valence-corrected chi connectivity index (χ2v) is 5.25. The van der Waals surface area contributed by atoms with E-state index in [9.17, 15) is 13.2 Å². The van der Waals surface area contributed by atoms with Crippen LogP contribution in [0.3, 0.4) is 0 Å². The summed E-state index contributed by atoms with van der Waals surface area (Å²) in [6.07, 6.45) is -2.78. The third kappa shape index (κ3) is 5.40. The number of hydrogen-bond donors (Lipinski definition) is 1. The van der Waals surface area contributed by atoms with Crippen LogP contribution in [0, 0.1) is 5.92 Å². The Bertz CT molecular complexity index is 448. The quantitative estimate of drug-likeness (QED) is 0.832. The number of nitrogens with one attached hydrogen (secondary N) is 1. The van der Waals surface area contributed by atoms with Gasteiger partial charge in [0.2, 0.25) is 5.82 Å². The van der Waals surface area contributed by atoms with Crippen molar-refractivity contribution in [3.05, 3.63) is 11.9 Å². The zero-order valence-electron chi connectivity index (χ0n) is 13.0. The van der Waals surface area contributed by atoms with E-state index in [0.717, 1.165) is 12.8 Å². The van der Waals surface area contributed by atoms with Crippen LogP contribution in [0.4, 0.5) is 24.8 Å². The fourth-order valence-corrected chi connectivity index (χ4v) is 1.79. The number of rotatable bonds is 7. The van der Waals surface area contributed by atoms with Crippen molar-refractivity contribution in [1.82, 2.24) is 9.97 Å². The van der Waals surface area contributed by atoms with Crippen LogP contribution in [0.5, 0.6) is 0 Å². The van der Waals surface area contributed by atoms with Gasteiger partial charge in [-0.3, -0.25) is 0 Å². The molecule has 1 N–H and O–H groups in total. The Hall–Kier alpha value is -1.53. The number of halogens is 3. The van der Waals surface area contributed by atoms with Gasteiger partial charge in [-0.15, -0.1) is 0 Å². The van der Waals surface area contributed by atoms with Crippen LogP contribution in [0.2, 0.25) is 0 Å². The molecule has 0 radical (unpaired) electrons. The highest BCUT2D eigenvalue weighted by Crippen LogP contribution is 2.29. The Morgan fingerprint density at radius 1 is 1.29 bits per heavy atom. The SMILES string of the molecule is CCCNc1cc(N(C)CC(C)CC)nc(C(F)(F)F)n1. The van der Waals surface area contributed by atoms with Crippen molar-refractivity contribution in [2.24, 2.45) is 5.92 Å². The van der Waals surface area contributed by atoms with Gasteiger partial charge < -0.3 is 10.2 Å². The molecule has 0 spiro atoms. The van der Waals surface area contributed by atoms with Crippen molar-refractivity contribution in [2.45, 2.75) is 39.8 Å². The first-order valence-electron chi connectivity index (χ1n) is 7.19. The molecule has 4 nitrogen and oxygen atoms in total. The van der Waals surface area contributed by atoms with Gasteiger partial charge in [0.25, 0.3) is 0 Å². The van der Waals surface area contributed by atoms with Crippen LogP contribution >= 0.6 is 0 Å². The summed E-state index contributed by atoms with van der Waals surface area (Å²) in [5.74, 6) is -0.220. The average molecular weight is 304 g/mol. The summed E-state index contributed by atoms with van der Waals surface area (Å²) < 4.78 is 38.7. The van der Waals surface area contributed by atoms with Gasteiger partial charge in [0.1, 0.15) is 11.6 Å². The number of hydrogen-bond acceptors (Lipinski definition) is 4. The first-order valence-corrected chi connectivity index (χ1v) is 7.19. The van der Waals surface area contributed by atoms with E-state index < -0.39 is 12.0 Å². The predicted molar refractivity (Wildman–Crippen MR) is 78.5 cm³/mol. The third-order valence-corrected chi connectivity index (χ3v) is 3.20. The molecule has 0 aromatic carbocycles. The summed E-state index contributed by atoms with van der Waals surface area (Å²) in [7, 11) is 1.75. The summed E-state index contributed by atoms with van der Waals surface area (Å²) in [4.78, 5) is 8.94. The lowest BCUT2D eigenvalue weighted by molar-refractivity contribution is -0.144. The molecule has 0 aliphatic carbocycles. The van der Waals surface area contributed by atoms with Crippen molar-refractivity contribution in [3.63, 3.8) is 0 Å². The molecule has 7 heteroatoms. The van der Waals surface area contributed by atoms with Crippen molar-refractivity contribution in [1.29, 1.82) is 0 Å². The minimum atomic E-state index is -4.55. The molecule has 1 aromatic heterocycles. The van der Waals surface area contributed by atoms with E-state index in [1.165, 1.54) is 0 Å². The highest BCUT2D eigenvalue weighted by Gasteiger charge is 2.35. The molecule has 1 atom stereocenters. The smallest absolute Gasteiger partial charge is 0.370 e. The van der Waals surface area contributed by atoms with Crippen LogP contribution in [-0.2, 0) is 6.18 Å². The topological polar surface area (TPSA) is 41.0 Å². The van der Waals surface area contributed by atoms with E-state index in [1.807, 2.05) is 13.8 Å². The summed E-state index contributed by atoms with van der Waals surface area (Å²) in [6.45, 7) is 7.27. The fraction of sp³-hybridized carbons (Fsp3) is 0.714. The van der Waals surface area contributed by atoms with E-state index in [0.29, 0.717) is 19.0 Å². The van der Waals surface area contributed by atoms with Gasteiger partial charge in [0, 0.05) is 26.2 Å². The second-order valence-electron chi connectivity index (χ2n) is 5.25. The molecule has 120 valence electrons. The van der Waals surface area contributed by atoms with Crippen LogP contribution < -0.4 is 10.2 Å². The maximum absolute atomic E-state index is 12.9. The van der Waals surface area contributed by atoms with Gasteiger partial charge in [-0.05, 0) is 12.3 Å². The van der Waals surface area contributed by atoms with E-state index in [4.69, 9.17) is 0 Å². The molecule has 0 saturated heterocycles. The van der Waals surface area contributed by atoms with Crippen LogP contribution in [0.1, 0.15) is 39.4 Å². The summed E-state index contributed by atoms with van der Waals surface area (Å²) in [6, 6.07) is 1.56. The highest BCUT2D eigenvalue weighted by molar-refractivity contribution is 5.49. The van der Waals surface area contributed by atoms with Crippen molar-refractivity contribution in [3.8, 4) is 0 Å². The summed E-state index contributed by atoms with van der Waals surface area (Å²) in [5, 5.41) is 2.89. The van der Waals surface area contributed by atoms with Gasteiger partial charge in [-0.1, -0.05) is 27.2 Å². The number of aromatic nitrogens is 2. The molecular weight excluding hydrogens is 281 g/mol. The van der Waals surface area contributed by atoms with E-state index in [1.54, 1.807) is 18.0 Å². The Kier molecular flexibility index (Phi) is 6.23. The number of nitrogens with zero attached hydrogens (tertiary/aromatic N) is 3. The van der Waals surface area contributed by atoms with Crippen molar-refractivity contribution >= 4 is 11.6 Å². The predicted octanol–water partition coefficient (Wildman–Crippen LogP) is 3.80. The molecule has 0 bridgehead atoms. The maximum Gasteiger partial charge on any atom is 0.451 e. The largest absolute Gasteiger partial charge is 0.451 e. The normalized spacial score (nSPS) is 13.1. The molecule has 1 rings (SSSR count). The minimum absolute atomic E-state index is 0.213. The lowest BCUT2D eigenvalue weighted by Gasteiger charge is -2.23. The minimum Gasteiger partial charge on any atom is -0.370 e. The van der Waals surface area contributed by atoms with Gasteiger partial charge in [-0.2, -0.15) is 13.2 Å². The summed E-state index contributed by atoms with van der Waals surface area (Å²) in [5.41, 5.74) is 0. The average Bonchev–Trinajstić information content (AvgIpc) is 2.43. The number of alkyl halides is 3. The fourth-order valence-electron chi connectivity index (χ4n) is 1.79. The zero-order valence-corrected chi connectivity index (χ0v) is 13.0. The second kappa shape index (κ2) is 7.47. The Morgan fingerprint density at radius 2 is 1.95 bits per heavy atom. The Balaban J connectivity index is 3.06. The van der Waals surface area contributed by atoms with Crippen LogP contribution in [0.15, 0.2) is 6.07 Å². The molecule has 1 aromatic rings. The van der Waals surface area contributed by atoms with Gasteiger partial charge >= 0.3 is 6.18 Å². The highest BCUT2D eigenvalue weighted by atomic mass is 19.4. The maximum atomic E-state index is 12.9. The van der Waals surface area contributed by atoms with Crippen LogP contribution in [-0.4, -0.2) is 30.1 Å². The first-order chi connectivity index (χ1) is 9.77. The first kappa shape index (κ1) is 17.5. The standard InChI is InChI=1S/C14H23F3N4/c1-5-7-18-11-8-12(21(4)9-10(3)6-2)20-13(19-11)14(15,16)17/h8,10H,5-7,9H2,1-4H3,(H,18,19,20). The zero-order chi connectivity index (χ0) is 16.0. The van der Waals surface area contributed by atoms with Crippen molar-refractivity contribution in [2.75, 3.05) is 30.4 Å². The molecule has 21 heavy (non-hydrogen) atoms. The van der Waals surface area contributed by atoms with E-state index in [2.05, 4.69) is 22.2 Å². The lowest BCUT2D eigenvalue weighted by atomic mass is 10.1. The Morgan fingerprint density at radius 3 is 2.48 bits per heavy atom. The monoisotopic (exact) mass is 304 g/mol. The molecule has 0 fully saturated rings. The molecule has 0 saturated carbocycles. The number of anilines is 2. The molecule has 0 amide bonds. The molecule has 0 aliphatic heterocycles. The third-order valence-electron chi connectivity index (χ3n) is 3.20. The molecule has 0 aliphatic rings. The van der Waals surface area contributed by atoms with E-state index >= 15 is 0 Å². The van der Waals surface area contributed by atoms with Gasteiger partial charge in [-0.25, -0.2) is 9.97 Å². The van der Waals surface area contributed by atoms with Crippen LogP contribution in [0.25, 0.3) is 0 Å². The molecule has 1 unspecified atom stereocenters.